The number of aryl methyl sites for hydroxylation is 1. The predicted octanol–water partition coefficient (Wildman–Crippen LogP) is 5.01. The molecule has 0 aromatic heterocycles. The Labute approximate surface area is 126 Å². The fourth-order valence-corrected chi connectivity index (χ4v) is 2.86. The second kappa shape index (κ2) is 6.89. The maximum Gasteiger partial charge on any atom is 0.416 e. The SMILES string of the molecule is Nc1cc(C(F)(F)F)ccc1SCCCc1ccccc1. The number of thioether (sulfide) groups is 1. The molecule has 0 spiro atoms. The third-order valence-corrected chi connectivity index (χ3v) is 4.22. The Morgan fingerprint density at radius 3 is 2.33 bits per heavy atom. The number of rotatable bonds is 5. The number of benzene rings is 2. The second-order valence-corrected chi connectivity index (χ2v) is 5.82. The number of hydrogen-bond donors (Lipinski definition) is 1. The van der Waals surface area contributed by atoms with E-state index in [1.807, 2.05) is 18.2 Å². The highest BCUT2D eigenvalue weighted by Crippen LogP contribution is 2.34. The summed E-state index contributed by atoms with van der Waals surface area (Å²) in [7, 11) is 0. The van der Waals surface area contributed by atoms with E-state index < -0.39 is 11.7 Å². The highest BCUT2D eigenvalue weighted by Gasteiger charge is 2.30. The smallest absolute Gasteiger partial charge is 0.398 e. The average molecular weight is 311 g/mol. The van der Waals surface area contributed by atoms with Crippen molar-refractivity contribution < 1.29 is 13.2 Å². The Morgan fingerprint density at radius 1 is 1.00 bits per heavy atom. The lowest BCUT2D eigenvalue weighted by Gasteiger charge is -2.10. The van der Waals surface area contributed by atoms with Gasteiger partial charge in [0.1, 0.15) is 0 Å². The van der Waals surface area contributed by atoms with Crippen LogP contribution >= 0.6 is 11.8 Å². The lowest BCUT2D eigenvalue weighted by Crippen LogP contribution is -2.05. The van der Waals surface area contributed by atoms with Crippen molar-refractivity contribution in [3.05, 3.63) is 59.7 Å². The first-order valence-electron chi connectivity index (χ1n) is 6.60. The first-order chi connectivity index (χ1) is 9.97. The summed E-state index contributed by atoms with van der Waals surface area (Å²) in [5.74, 6) is 0.824. The predicted molar refractivity (Wildman–Crippen MR) is 81.3 cm³/mol. The molecule has 0 unspecified atom stereocenters. The van der Waals surface area contributed by atoms with Crippen LogP contribution in [0.25, 0.3) is 0 Å². The number of halogens is 3. The molecule has 0 saturated carbocycles. The highest BCUT2D eigenvalue weighted by atomic mass is 32.2. The van der Waals surface area contributed by atoms with Crippen molar-refractivity contribution in [2.24, 2.45) is 0 Å². The van der Waals surface area contributed by atoms with Crippen molar-refractivity contribution in [3.63, 3.8) is 0 Å². The molecule has 0 bridgehead atoms. The van der Waals surface area contributed by atoms with E-state index >= 15 is 0 Å². The third kappa shape index (κ3) is 4.70. The molecule has 1 nitrogen and oxygen atoms in total. The fraction of sp³-hybridized carbons (Fsp3) is 0.250. The molecule has 0 heterocycles. The number of nitrogens with two attached hydrogens (primary N) is 1. The summed E-state index contributed by atoms with van der Waals surface area (Å²) < 4.78 is 37.6. The molecule has 2 aromatic rings. The van der Waals surface area contributed by atoms with Gasteiger partial charge < -0.3 is 5.73 Å². The molecule has 0 fully saturated rings. The molecule has 0 radical (unpaired) electrons. The molecule has 2 rings (SSSR count). The van der Waals surface area contributed by atoms with Crippen LogP contribution in [0.5, 0.6) is 0 Å². The van der Waals surface area contributed by atoms with Gasteiger partial charge in [-0.05, 0) is 42.4 Å². The van der Waals surface area contributed by atoms with Crippen LogP contribution in [0.2, 0.25) is 0 Å². The normalized spacial score (nSPS) is 11.6. The van der Waals surface area contributed by atoms with E-state index in [0.717, 1.165) is 30.7 Å². The highest BCUT2D eigenvalue weighted by molar-refractivity contribution is 7.99. The summed E-state index contributed by atoms with van der Waals surface area (Å²) in [4.78, 5) is 0.705. The molecular formula is C16H16F3NS. The van der Waals surface area contributed by atoms with Gasteiger partial charge >= 0.3 is 6.18 Å². The van der Waals surface area contributed by atoms with Crippen molar-refractivity contribution in [1.29, 1.82) is 0 Å². The van der Waals surface area contributed by atoms with Crippen molar-refractivity contribution in [3.8, 4) is 0 Å². The Hall–Kier alpha value is -1.62. The Balaban J connectivity index is 1.86. The van der Waals surface area contributed by atoms with E-state index in [0.29, 0.717) is 4.90 Å². The van der Waals surface area contributed by atoms with Gasteiger partial charge in [-0.2, -0.15) is 13.2 Å². The Morgan fingerprint density at radius 2 is 1.71 bits per heavy atom. The monoisotopic (exact) mass is 311 g/mol. The van der Waals surface area contributed by atoms with Crippen LogP contribution in [-0.2, 0) is 12.6 Å². The number of anilines is 1. The van der Waals surface area contributed by atoms with E-state index in [4.69, 9.17) is 5.73 Å². The van der Waals surface area contributed by atoms with Crippen LogP contribution in [0.15, 0.2) is 53.4 Å². The van der Waals surface area contributed by atoms with Gasteiger partial charge in [0.25, 0.3) is 0 Å². The molecule has 0 atom stereocenters. The standard InChI is InChI=1S/C16H16F3NS/c17-16(18,19)13-8-9-15(14(20)11-13)21-10-4-7-12-5-2-1-3-6-12/h1-3,5-6,8-9,11H,4,7,10,20H2. The summed E-state index contributed by atoms with van der Waals surface area (Å²) in [5.41, 5.74) is 6.44. The van der Waals surface area contributed by atoms with E-state index in [9.17, 15) is 13.2 Å². The van der Waals surface area contributed by atoms with Gasteiger partial charge in [0.15, 0.2) is 0 Å². The van der Waals surface area contributed by atoms with Crippen LogP contribution in [0.1, 0.15) is 17.5 Å². The lowest BCUT2D eigenvalue weighted by molar-refractivity contribution is -0.137. The minimum Gasteiger partial charge on any atom is -0.398 e. The van der Waals surface area contributed by atoms with Crippen molar-refractivity contribution in [2.75, 3.05) is 11.5 Å². The molecular weight excluding hydrogens is 295 g/mol. The summed E-state index contributed by atoms with van der Waals surface area (Å²) in [5, 5.41) is 0. The number of alkyl halides is 3. The molecule has 2 aromatic carbocycles. The molecule has 0 aliphatic rings. The van der Waals surface area contributed by atoms with Gasteiger partial charge in [-0.15, -0.1) is 11.8 Å². The molecule has 5 heteroatoms. The molecule has 2 N–H and O–H groups in total. The zero-order valence-corrected chi connectivity index (χ0v) is 12.2. The van der Waals surface area contributed by atoms with E-state index in [2.05, 4.69) is 12.1 Å². The molecule has 0 aliphatic carbocycles. The number of nitrogen functional groups attached to an aromatic ring is 1. The molecule has 112 valence electrons. The maximum absolute atomic E-state index is 12.5. The Bertz CT molecular complexity index is 582. The van der Waals surface area contributed by atoms with Crippen molar-refractivity contribution in [1.82, 2.24) is 0 Å². The van der Waals surface area contributed by atoms with Gasteiger partial charge in [0, 0.05) is 10.6 Å². The third-order valence-electron chi connectivity index (χ3n) is 3.05. The number of hydrogen-bond acceptors (Lipinski definition) is 2. The second-order valence-electron chi connectivity index (χ2n) is 4.69. The largest absolute Gasteiger partial charge is 0.416 e. The van der Waals surface area contributed by atoms with Gasteiger partial charge in [-0.1, -0.05) is 30.3 Å². The van der Waals surface area contributed by atoms with Crippen LogP contribution in [0.4, 0.5) is 18.9 Å². The van der Waals surface area contributed by atoms with Gasteiger partial charge in [-0.3, -0.25) is 0 Å². The topological polar surface area (TPSA) is 26.0 Å². The summed E-state index contributed by atoms with van der Waals surface area (Å²) in [6, 6.07) is 13.6. The summed E-state index contributed by atoms with van der Waals surface area (Å²) >= 11 is 1.49. The van der Waals surface area contributed by atoms with E-state index in [1.165, 1.54) is 23.4 Å². The quantitative estimate of drug-likeness (QED) is 0.477. The maximum atomic E-state index is 12.5. The first-order valence-corrected chi connectivity index (χ1v) is 7.59. The minimum atomic E-state index is -4.34. The van der Waals surface area contributed by atoms with E-state index in [1.54, 1.807) is 0 Å². The fourth-order valence-electron chi connectivity index (χ4n) is 1.96. The molecule has 21 heavy (non-hydrogen) atoms. The van der Waals surface area contributed by atoms with Crippen LogP contribution < -0.4 is 5.73 Å². The average Bonchev–Trinajstić information content (AvgIpc) is 2.45. The van der Waals surface area contributed by atoms with Crippen LogP contribution in [0.3, 0.4) is 0 Å². The lowest BCUT2D eigenvalue weighted by atomic mass is 10.1. The van der Waals surface area contributed by atoms with Crippen LogP contribution in [-0.4, -0.2) is 5.75 Å². The van der Waals surface area contributed by atoms with Crippen LogP contribution in [0, 0.1) is 0 Å². The van der Waals surface area contributed by atoms with Gasteiger partial charge in [0.2, 0.25) is 0 Å². The summed E-state index contributed by atoms with van der Waals surface area (Å²) in [6.07, 6.45) is -2.44. The van der Waals surface area contributed by atoms with Crippen molar-refractivity contribution >= 4 is 17.4 Å². The first kappa shape index (κ1) is 15.8. The minimum absolute atomic E-state index is 0.189. The van der Waals surface area contributed by atoms with Gasteiger partial charge in [0.05, 0.1) is 5.56 Å². The van der Waals surface area contributed by atoms with E-state index in [-0.39, 0.29) is 5.69 Å². The molecule has 0 saturated heterocycles. The zero-order chi connectivity index (χ0) is 15.3. The van der Waals surface area contributed by atoms with Gasteiger partial charge in [-0.25, -0.2) is 0 Å². The molecule has 0 amide bonds. The zero-order valence-electron chi connectivity index (χ0n) is 11.4. The van der Waals surface area contributed by atoms with Crippen molar-refractivity contribution in [2.45, 2.75) is 23.9 Å². The Kier molecular flexibility index (Phi) is 5.17. The molecule has 0 aliphatic heterocycles. The summed E-state index contributed by atoms with van der Waals surface area (Å²) in [6.45, 7) is 0.